The fraction of sp³-hybridized carbons (Fsp3) is 0.250. The maximum Gasteiger partial charge on any atom is 0.417 e. The highest BCUT2D eigenvalue weighted by Crippen LogP contribution is 2.32. The summed E-state index contributed by atoms with van der Waals surface area (Å²) in [6.07, 6.45) is -3.69. The van der Waals surface area contributed by atoms with Crippen molar-refractivity contribution in [2.75, 3.05) is 11.9 Å². The van der Waals surface area contributed by atoms with E-state index in [-0.39, 0.29) is 10.8 Å². The lowest BCUT2D eigenvalue weighted by Gasteiger charge is -2.09. The Hall–Kier alpha value is -0.970. The van der Waals surface area contributed by atoms with Gasteiger partial charge in [0.2, 0.25) is 0 Å². The van der Waals surface area contributed by atoms with Gasteiger partial charge in [-0.25, -0.2) is 4.98 Å². The molecule has 1 aromatic heterocycles. The number of nitrogens with zero attached hydrogens (tertiary/aromatic N) is 1. The zero-order chi connectivity index (χ0) is 10.8. The summed E-state index contributed by atoms with van der Waals surface area (Å²) in [7, 11) is 0. The Labute approximate surface area is 84.1 Å². The lowest BCUT2D eigenvalue weighted by molar-refractivity contribution is -0.137. The second-order valence-corrected chi connectivity index (χ2v) is 2.89. The van der Waals surface area contributed by atoms with Crippen LogP contribution in [0.2, 0.25) is 5.02 Å². The molecular weight excluding hydrogens is 217 g/mol. The number of aromatic nitrogens is 1. The van der Waals surface area contributed by atoms with Gasteiger partial charge >= 0.3 is 6.18 Å². The summed E-state index contributed by atoms with van der Waals surface area (Å²) in [4.78, 5) is 3.53. The first kappa shape index (κ1) is 11.1. The SMILES string of the molecule is [CH2]CNc1ncc(C(F)(F)F)cc1Cl. The average molecular weight is 224 g/mol. The van der Waals surface area contributed by atoms with Crippen LogP contribution in [0.15, 0.2) is 12.3 Å². The van der Waals surface area contributed by atoms with Gasteiger partial charge in [0.1, 0.15) is 5.82 Å². The van der Waals surface area contributed by atoms with Gasteiger partial charge in [-0.2, -0.15) is 13.2 Å². The monoisotopic (exact) mass is 223 g/mol. The molecule has 0 saturated heterocycles. The molecule has 6 heteroatoms. The lowest BCUT2D eigenvalue weighted by Crippen LogP contribution is -2.07. The van der Waals surface area contributed by atoms with E-state index in [1.165, 1.54) is 0 Å². The first-order valence-electron chi connectivity index (χ1n) is 3.71. The summed E-state index contributed by atoms with van der Waals surface area (Å²) >= 11 is 5.56. The van der Waals surface area contributed by atoms with Gasteiger partial charge < -0.3 is 5.32 Å². The first-order valence-corrected chi connectivity index (χ1v) is 4.09. The molecule has 1 aromatic rings. The fourth-order valence-electron chi connectivity index (χ4n) is 0.841. The Morgan fingerprint density at radius 2 is 2.14 bits per heavy atom. The van der Waals surface area contributed by atoms with Crippen LogP contribution >= 0.6 is 11.6 Å². The molecule has 0 bridgehead atoms. The number of nitrogens with one attached hydrogen (secondary N) is 1. The van der Waals surface area contributed by atoms with Crippen LogP contribution in [0.3, 0.4) is 0 Å². The molecule has 0 aliphatic rings. The van der Waals surface area contributed by atoms with Gasteiger partial charge in [-0.15, -0.1) is 0 Å². The van der Waals surface area contributed by atoms with Gasteiger partial charge in [0.05, 0.1) is 10.6 Å². The summed E-state index contributed by atoms with van der Waals surface area (Å²) in [6.45, 7) is 3.76. The second-order valence-electron chi connectivity index (χ2n) is 2.48. The number of pyridine rings is 1. The molecule has 0 fully saturated rings. The third-order valence-corrected chi connectivity index (χ3v) is 1.75. The highest BCUT2D eigenvalue weighted by atomic mass is 35.5. The quantitative estimate of drug-likeness (QED) is 0.834. The van der Waals surface area contributed by atoms with Gasteiger partial charge in [-0.3, -0.25) is 0 Å². The summed E-state index contributed by atoms with van der Waals surface area (Å²) < 4.78 is 36.5. The Morgan fingerprint density at radius 3 is 2.57 bits per heavy atom. The average Bonchev–Trinajstić information content (AvgIpc) is 2.07. The Kier molecular flexibility index (Phi) is 3.21. The molecule has 0 unspecified atom stereocenters. The van der Waals surface area contributed by atoms with Crippen LogP contribution in [0.1, 0.15) is 5.56 Å². The molecular formula is C8H7ClF3N2. The number of alkyl halides is 3. The molecule has 0 aliphatic carbocycles. The minimum atomic E-state index is -4.42. The molecule has 0 spiro atoms. The van der Waals surface area contributed by atoms with Crippen molar-refractivity contribution in [1.29, 1.82) is 0 Å². The van der Waals surface area contributed by atoms with Crippen LogP contribution in [-0.4, -0.2) is 11.5 Å². The number of hydrogen-bond donors (Lipinski definition) is 1. The van der Waals surface area contributed by atoms with Gasteiger partial charge in [-0.1, -0.05) is 11.6 Å². The Bertz CT molecular complexity index is 325. The fourth-order valence-corrected chi connectivity index (χ4v) is 1.07. The molecule has 0 amide bonds. The van der Waals surface area contributed by atoms with Crippen LogP contribution in [0.4, 0.5) is 19.0 Å². The van der Waals surface area contributed by atoms with Crippen molar-refractivity contribution in [2.24, 2.45) is 0 Å². The molecule has 0 saturated carbocycles. The van der Waals surface area contributed by atoms with Crippen LogP contribution < -0.4 is 5.32 Å². The molecule has 0 atom stereocenters. The first-order chi connectivity index (χ1) is 6.45. The number of anilines is 1. The van der Waals surface area contributed by atoms with Crippen molar-refractivity contribution in [3.63, 3.8) is 0 Å². The highest BCUT2D eigenvalue weighted by molar-refractivity contribution is 6.32. The van der Waals surface area contributed by atoms with Crippen LogP contribution in [0, 0.1) is 6.92 Å². The molecule has 1 heterocycles. The summed E-state index contributed by atoms with van der Waals surface area (Å²) in [5.74, 6) is 0.203. The molecule has 2 nitrogen and oxygen atoms in total. The van der Waals surface area contributed by atoms with Crippen molar-refractivity contribution in [2.45, 2.75) is 6.18 Å². The minimum Gasteiger partial charge on any atom is -0.369 e. The van der Waals surface area contributed by atoms with E-state index in [1.807, 2.05) is 0 Å². The molecule has 1 rings (SSSR count). The van der Waals surface area contributed by atoms with Gasteiger partial charge in [0.25, 0.3) is 0 Å². The van der Waals surface area contributed by atoms with E-state index in [2.05, 4.69) is 17.2 Å². The van der Waals surface area contributed by atoms with Crippen molar-refractivity contribution in [3.8, 4) is 0 Å². The second kappa shape index (κ2) is 4.04. The standard InChI is InChI=1S/C8H7ClF3N2/c1-2-13-7-6(9)3-5(4-14-7)8(10,11)12/h3-4H,1-2H2,(H,13,14). The van der Waals surface area contributed by atoms with E-state index in [0.29, 0.717) is 6.54 Å². The summed E-state index contributed by atoms with van der Waals surface area (Å²) in [6, 6.07) is 0.826. The summed E-state index contributed by atoms with van der Waals surface area (Å²) in [5.41, 5.74) is -0.864. The lowest BCUT2D eigenvalue weighted by atomic mass is 10.3. The number of rotatable bonds is 2. The Balaban J connectivity index is 3.01. The molecule has 14 heavy (non-hydrogen) atoms. The van der Waals surface area contributed by atoms with Crippen molar-refractivity contribution in [1.82, 2.24) is 4.98 Å². The number of halogens is 4. The molecule has 0 aromatic carbocycles. The van der Waals surface area contributed by atoms with Gasteiger partial charge in [0, 0.05) is 12.7 Å². The van der Waals surface area contributed by atoms with Crippen molar-refractivity contribution >= 4 is 17.4 Å². The molecule has 0 aliphatic heterocycles. The van der Waals surface area contributed by atoms with E-state index in [9.17, 15) is 13.2 Å². The largest absolute Gasteiger partial charge is 0.417 e. The molecule has 1 N–H and O–H groups in total. The maximum absolute atomic E-state index is 12.2. The third-order valence-electron chi connectivity index (χ3n) is 1.46. The normalized spacial score (nSPS) is 11.5. The number of hydrogen-bond acceptors (Lipinski definition) is 2. The Morgan fingerprint density at radius 1 is 1.50 bits per heavy atom. The van der Waals surface area contributed by atoms with Crippen LogP contribution in [0.5, 0.6) is 0 Å². The predicted octanol–water partition coefficient (Wildman–Crippen LogP) is 3.00. The predicted molar refractivity (Wildman–Crippen MR) is 48.1 cm³/mol. The highest BCUT2D eigenvalue weighted by Gasteiger charge is 2.31. The zero-order valence-electron chi connectivity index (χ0n) is 7.03. The van der Waals surface area contributed by atoms with E-state index < -0.39 is 11.7 Å². The molecule has 1 radical (unpaired) electrons. The molecule has 77 valence electrons. The smallest absolute Gasteiger partial charge is 0.369 e. The van der Waals surface area contributed by atoms with Crippen LogP contribution in [-0.2, 0) is 6.18 Å². The summed E-state index contributed by atoms with van der Waals surface area (Å²) in [5, 5.41) is 2.57. The van der Waals surface area contributed by atoms with Crippen LogP contribution in [0.25, 0.3) is 0 Å². The third kappa shape index (κ3) is 2.51. The van der Waals surface area contributed by atoms with Gasteiger partial charge in [-0.05, 0) is 13.0 Å². The van der Waals surface area contributed by atoms with E-state index in [4.69, 9.17) is 11.6 Å². The minimum absolute atomic E-state index is 0.0662. The topological polar surface area (TPSA) is 24.9 Å². The van der Waals surface area contributed by atoms with E-state index in [1.54, 1.807) is 0 Å². The van der Waals surface area contributed by atoms with Crippen molar-refractivity contribution < 1.29 is 13.2 Å². The zero-order valence-corrected chi connectivity index (χ0v) is 7.78. The maximum atomic E-state index is 12.2. The van der Waals surface area contributed by atoms with E-state index in [0.717, 1.165) is 12.3 Å². The van der Waals surface area contributed by atoms with Gasteiger partial charge in [0.15, 0.2) is 0 Å². The van der Waals surface area contributed by atoms with E-state index >= 15 is 0 Å². The van der Waals surface area contributed by atoms with Crippen molar-refractivity contribution in [3.05, 3.63) is 29.8 Å².